The highest BCUT2D eigenvalue weighted by molar-refractivity contribution is 6.30. The maximum absolute atomic E-state index is 11.9. The van der Waals surface area contributed by atoms with Crippen molar-refractivity contribution in [3.05, 3.63) is 53.6 Å². The van der Waals surface area contributed by atoms with Crippen molar-refractivity contribution in [1.82, 2.24) is 0 Å². The zero-order chi connectivity index (χ0) is 14.1. The lowest BCUT2D eigenvalue weighted by atomic mass is 10.2. The van der Waals surface area contributed by atoms with Gasteiger partial charge in [-0.2, -0.15) is 0 Å². The zero-order valence-electron chi connectivity index (χ0n) is 10.7. The number of anilines is 3. The van der Waals surface area contributed by atoms with Gasteiger partial charge in [-0.15, -0.1) is 0 Å². The molecule has 2 aromatic carbocycles. The summed E-state index contributed by atoms with van der Waals surface area (Å²) in [4.78, 5) is 13.9. The maximum atomic E-state index is 11.9. The van der Waals surface area contributed by atoms with Crippen LogP contribution in [-0.4, -0.2) is 18.5 Å². The molecule has 0 aromatic heterocycles. The number of carbonyl (C=O) groups excluding carboxylic acids is 1. The summed E-state index contributed by atoms with van der Waals surface area (Å²) in [5, 5.41) is 3.53. The third kappa shape index (κ3) is 2.35. The molecule has 0 radical (unpaired) electrons. The number of carbonyl (C=O) groups is 1. The van der Waals surface area contributed by atoms with Gasteiger partial charge in [-0.1, -0.05) is 23.7 Å². The Hall–Kier alpha value is -2.04. The number of hydrogen-bond acceptors (Lipinski definition) is 3. The Morgan fingerprint density at radius 2 is 1.85 bits per heavy atom. The van der Waals surface area contributed by atoms with Crippen molar-refractivity contribution in [2.75, 3.05) is 16.8 Å². The first-order valence-electron chi connectivity index (χ1n) is 6.34. The molecule has 0 saturated carbocycles. The molecule has 0 fully saturated rings. The quantitative estimate of drug-likeness (QED) is 0.848. The zero-order valence-corrected chi connectivity index (χ0v) is 11.5. The van der Waals surface area contributed by atoms with Crippen LogP contribution < -0.4 is 16.0 Å². The van der Waals surface area contributed by atoms with E-state index in [1.165, 1.54) is 0 Å². The van der Waals surface area contributed by atoms with Gasteiger partial charge in [-0.05, 0) is 36.4 Å². The molecule has 1 unspecified atom stereocenters. The van der Waals surface area contributed by atoms with Crippen LogP contribution in [0.1, 0.15) is 0 Å². The van der Waals surface area contributed by atoms with Crippen molar-refractivity contribution in [2.24, 2.45) is 5.73 Å². The Morgan fingerprint density at radius 3 is 2.60 bits per heavy atom. The second-order valence-electron chi connectivity index (χ2n) is 4.70. The molecule has 1 aliphatic rings. The summed E-state index contributed by atoms with van der Waals surface area (Å²) in [5.41, 5.74) is 8.58. The van der Waals surface area contributed by atoms with Gasteiger partial charge in [0.05, 0.1) is 11.4 Å². The molecule has 1 atom stereocenters. The van der Waals surface area contributed by atoms with Crippen molar-refractivity contribution in [3.63, 3.8) is 0 Å². The van der Waals surface area contributed by atoms with E-state index in [1.54, 1.807) is 0 Å². The van der Waals surface area contributed by atoms with Gasteiger partial charge in [0, 0.05) is 17.3 Å². The van der Waals surface area contributed by atoms with E-state index in [1.807, 2.05) is 53.4 Å². The lowest BCUT2D eigenvalue weighted by Gasteiger charge is -2.25. The molecule has 20 heavy (non-hydrogen) atoms. The van der Waals surface area contributed by atoms with Gasteiger partial charge in [-0.3, -0.25) is 4.79 Å². The van der Waals surface area contributed by atoms with Gasteiger partial charge in [0.2, 0.25) is 5.91 Å². The first-order chi connectivity index (χ1) is 9.65. The van der Waals surface area contributed by atoms with Crippen LogP contribution in [0.4, 0.5) is 17.1 Å². The largest absolute Gasteiger partial charge is 0.338 e. The second kappa shape index (κ2) is 5.15. The molecule has 0 saturated heterocycles. The van der Waals surface area contributed by atoms with E-state index in [4.69, 9.17) is 17.3 Å². The summed E-state index contributed by atoms with van der Waals surface area (Å²) < 4.78 is 0. The van der Waals surface area contributed by atoms with Crippen molar-refractivity contribution < 1.29 is 4.79 Å². The highest BCUT2D eigenvalue weighted by Crippen LogP contribution is 2.34. The monoisotopic (exact) mass is 287 g/mol. The number of nitrogens with two attached hydrogens (primary N) is 1. The molecular formula is C15H14ClN3O. The molecule has 1 aliphatic heterocycles. The van der Waals surface area contributed by atoms with Crippen molar-refractivity contribution >= 4 is 34.6 Å². The lowest BCUT2D eigenvalue weighted by molar-refractivity contribution is -0.117. The maximum Gasteiger partial charge on any atom is 0.243 e. The van der Waals surface area contributed by atoms with Crippen molar-refractivity contribution in [1.29, 1.82) is 0 Å². The standard InChI is InChI=1S/C15H14ClN3O/c16-10-5-7-11(8-6-10)19-9-12(17)15(20)18-13-3-1-2-4-14(13)19/h1-8,12H,9,17H2,(H,18,20). The highest BCUT2D eigenvalue weighted by atomic mass is 35.5. The minimum Gasteiger partial charge on any atom is -0.338 e. The van der Waals surface area contributed by atoms with Crippen molar-refractivity contribution in [2.45, 2.75) is 6.04 Å². The molecule has 1 amide bonds. The number of para-hydroxylation sites is 2. The Bertz CT molecular complexity index is 642. The van der Waals surface area contributed by atoms with Crippen LogP contribution in [0.15, 0.2) is 48.5 Å². The normalized spacial score (nSPS) is 18.2. The first-order valence-corrected chi connectivity index (χ1v) is 6.71. The van der Waals surface area contributed by atoms with E-state index in [0.29, 0.717) is 11.6 Å². The number of halogens is 1. The Labute approximate surface area is 122 Å². The first kappa shape index (κ1) is 13.0. The third-order valence-corrected chi connectivity index (χ3v) is 3.56. The average molecular weight is 288 g/mol. The molecular weight excluding hydrogens is 274 g/mol. The lowest BCUT2D eigenvalue weighted by Crippen LogP contribution is -2.41. The minimum atomic E-state index is -0.585. The summed E-state index contributed by atoms with van der Waals surface area (Å²) in [6.45, 7) is 0.421. The van der Waals surface area contributed by atoms with E-state index < -0.39 is 6.04 Å². The Kier molecular flexibility index (Phi) is 3.34. The minimum absolute atomic E-state index is 0.172. The summed E-state index contributed by atoms with van der Waals surface area (Å²) in [7, 11) is 0. The summed E-state index contributed by atoms with van der Waals surface area (Å²) in [6, 6.07) is 14.6. The molecule has 3 N–H and O–H groups in total. The number of fused-ring (bicyclic) bond motifs is 1. The van der Waals surface area contributed by atoms with Gasteiger partial charge in [0.1, 0.15) is 6.04 Å². The van der Waals surface area contributed by atoms with Crippen LogP contribution in [0.2, 0.25) is 5.02 Å². The fourth-order valence-corrected chi connectivity index (χ4v) is 2.41. The van der Waals surface area contributed by atoms with Gasteiger partial charge in [-0.25, -0.2) is 0 Å². The van der Waals surface area contributed by atoms with Gasteiger partial charge in [0.15, 0.2) is 0 Å². The molecule has 102 valence electrons. The van der Waals surface area contributed by atoms with E-state index in [-0.39, 0.29) is 5.91 Å². The number of benzene rings is 2. The highest BCUT2D eigenvalue weighted by Gasteiger charge is 2.25. The number of amides is 1. The summed E-state index contributed by atoms with van der Waals surface area (Å²) in [6.07, 6.45) is 0. The van der Waals surface area contributed by atoms with Crippen LogP contribution in [0.5, 0.6) is 0 Å². The third-order valence-electron chi connectivity index (χ3n) is 3.31. The number of rotatable bonds is 1. The summed E-state index contributed by atoms with van der Waals surface area (Å²) in [5.74, 6) is -0.172. The van der Waals surface area contributed by atoms with Crippen LogP contribution in [0, 0.1) is 0 Å². The molecule has 0 bridgehead atoms. The van der Waals surface area contributed by atoms with E-state index >= 15 is 0 Å². The van der Waals surface area contributed by atoms with Crippen LogP contribution in [0.3, 0.4) is 0 Å². The SMILES string of the molecule is NC1CN(c2ccc(Cl)cc2)c2ccccc2NC1=O. The molecule has 4 nitrogen and oxygen atoms in total. The molecule has 2 aromatic rings. The molecule has 3 rings (SSSR count). The number of nitrogens with one attached hydrogen (secondary N) is 1. The fraction of sp³-hybridized carbons (Fsp3) is 0.133. The Balaban J connectivity index is 2.09. The molecule has 0 spiro atoms. The Morgan fingerprint density at radius 1 is 1.15 bits per heavy atom. The van der Waals surface area contributed by atoms with Crippen LogP contribution in [-0.2, 0) is 4.79 Å². The van der Waals surface area contributed by atoms with E-state index in [0.717, 1.165) is 17.1 Å². The number of hydrogen-bond donors (Lipinski definition) is 2. The van der Waals surface area contributed by atoms with Gasteiger partial charge in [0.25, 0.3) is 0 Å². The van der Waals surface area contributed by atoms with Crippen molar-refractivity contribution in [3.8, 4) is 0 Å². The fourth-order valence-electron chi connectivity index (χ4n) is 2.28. The second-order valence-corrected chi connectivity index (χ2v) is 5.14. The van der Waals surface area contributed by atoms with Gasteiger partial charge < -0.3 is 16.0 Å². The van der Waals surface area contributed by atoms with E-state index in [9.17, 15) is 4.79 Å². The predicted octanol–water partition coefficient (Wildman–Crippen LogP) is 2.76. The van der Waals surface area contributed by atoms with Crippen LogP contribution >= 0.6 is 11.6 Å². The molecule has 1 heterocycles. The van der Waals surface area contributed by atoms with Gasteiger partial charge >= 0.3 is 0 Å². The molecule has 5 heteroatoms. The van der Waals surface area contributed by atoms with E-state index in [2.05, 4.69) is 5.32 Å². The topological polar surface area (TPSA) is 58.4 Å². The smallest absolute Gasteiger partial charge is 0.243 e. The number of nitrogens with zero attached hydrogens (tertiary/aromatic N) is 1. The predicted molar refractivity (Wildman–Crippen MR) is 81.5 cm³/mol. The summed E-state index contributed by atoms with van der Waals surface area (Å²) >= 11 is 5.93. The van der Waals surface area contributed by atoms with Crippen LogP contribution in [0.25, 0.3) is 0 Å². The molecule has 0 aliphatic carbocycles. The average Bonchev–Trinajstić information content (AvgIpc) is 2.58.